The summed E-state index contributed by atoms with van der Waals surface area (Å²) in [5.74, 6) is -0.644. The summed E-state index contributed by atoms with van der Waals surface area (Å²) in [5.41, 5.74) is -6.90. The number of rotatable bonds is 4. The molecule has 1 unspecified atom stereocenters. The Morgan fingerprint density at radius 1 is 1.03 bits per heavy atom. The van der Waals surface area contributed by atoms with Gasteiger partial charge in [0, 0.05) is 5.56 Å². The standard InChI is InChI=1S/C24H20ClF7N2O3/c1-20(2,36)19(35)34-11-21(26,12-34)14-5-3-13(4-6-14)18-10-22(37-33-18,24(30,31)32)15-7-8-17(25)16(9-15)23(27,28)29/h3-10,33,36H,11-12H2,1-2H3. The maximum absolute atomic E-state index is 15.2. The van der Waals surface area contributed by atoms with Gasteiger partial charge in [-0.1, -0.05) is 41.9 Å². The summed E-state index contributed by atoms with van der Waals surface area (Å²) in [4.78, 5) is 18.1. The Morgan fingerprint density at radius 2 is 1.59 bits per heavy atom. The molecule has 0 spiro atoms. The van der Waals surface area contributed by atoms with E-state index in [1.807, 2.05) is 0 Å². The topological polar surface area (TPSA) is 61.8 Å². The van der Waals surface area contributed by atoms with E-state index in [1.54, 1.807) is 0 Å². The zero-order valence-corrected chi connectivity index (χ0v) is 20.0. The third-order valence-electron chi connectivity index (χ3n) is 6.20. The van der Waals surface area contributed by atoms with Gasteiger partial charge in [-0.15, -0.1) is 0 Å². The van der Waals surface area contributed by atoms with Gasteiger partial charge in [0.25, 0.3) is 5.91 Å². The van der Waals surface area contributed by atoms with Gasteiger partial charge in [0.1, 0.15) is 5.60 Å². The molecule has 0 aromatic heterocycles. The number of carbonyl (C=O) groups excluding carboxylic acids is 1. The minimum absolute atomic E-state index is 0.146. The van der Waals surface area contributed by atoms with Gasteiger partial charge in [0.05, 0.1) is 29.4 Å². The first-order chi connectivity index (χ1) is 16.9. The minimum Gasteiger partial charge on any atom is -0.381 e. The highest BCUT2D eigenvalue weighted by Crippen LogP contribution is 2.49. The Bertz CT molecular complexity index is 1250. The second-order valence-electron chi connectivity index (χ2n) is 9.45. The Labute approximate surface area is 211 Å². The van der Waals surface area contributed by atoms with Gasteiger partial charge in [-0.2, -0.15) is 26.3 Å². The summed E-state index contributed by atoms with van der Waals surface area (Å²) >= 11 is 5.55. The number of likely N-dealkylation sites (tertiary alicyclic amines) is 1. The number of amides is 1. The summed E-state index contributed by atoms with van der Waals surface area (Å²) in [7, 11) is 0. The van der Waals surface area contributed by atoms with Crippen LogP contribution in [0.1, 0.15) is 36.1 Å². The van der Waals surface area contributed by atoms with E-state index < -0.39 is 51.3 Å². The van der Waals surface area contributed by atoms with Crippen molar-refractivity contribution >= 4 is 23.2 Å². The van der Waals surface area contributed by atoms with Gasteiger partial charge >= 0.3 is 12.4 Å². The number of carbonyl (C=O) groups is 1. The van der Waals surface area contributed by atoms with E-state index in [4.69, 9.17) is 16.4 Å². The molecular weight excluding hydrogens is 533 g/mol. The van der Waals surface area contributed by atoms with E-state index in [-0.39, 0.29) is 36.0 Å². The number of hydroxylamine groups is 1. The second kappa shape index (κ2) is 8.60. The number of alkyl halides is 7. The average molecular weight is 553 g/mol. The van der Waals surface area contributed by atoms with Crippen LogP contribution in [0.25, 0.3) is 5.70 Å². The Hall–Kier alpha value is -2.83. The Balaban J connectivity index is 1.62. The lowest BCUT2D eigenvalue weighted by atomic mass is 9.86. The monoisotopic (exact) mass is 552 g/mol. The van der Waals surface area contributed by atoms with Gasteiger partial charge in [0.2, 0.25) is 5.60 Å². The normalized spacial score (nSPS) is 21.8. The number of aliphatic hydroxyl groups is 1. The van der Waals surface area contributed by atoms with Crippen molar-refractivity contribution in [1.29, 1.82) is 0 Å². The molecule has 200 valence electrons. The van der Waals surface area contributed by atoms with Crippen molar-refractivity contribution in [2.24, 2.45) is 0 Å². The van der Waals surface area contributed by atoms with Crippen LogP contribution in [-0.2, 0) is 27.1 Å². The average Bonchev–Trinajstić information content (AvgIpc) is 3.22. The number of hydrogen-bond donors (Lipinski definition) is 2. The summed E-state index contributed by atoms with van der Waals surface area (Å²) < 4.78 is 97.5. The smallest absolute Gasteiger partial charge is 0.381 e. The summed E-state index contributed by atoms with van der Waals surface area (Å²) in [5, 5.41) is 9.02. The zero-order valence-electron chi connectivity index (χ0n) is 19.3. The van der Waals surface area contributed by atoms with Crippen LogP contribution >= 0.6 is 11.6 Å². The minimum atomic E-state index is -5.16. The van der Waals surface area contributed by atoms with Crippen molar-refractivity contribution in [3.05, 3.63) is 75.8 Å². The maximum Gasteiger partial charge on any atom is 0.428 e. The first-order valence-corrected chi connectivity index (χ1v) is 11.2. The number of halogens is 8. The number of nitrogens with zero attached hydrogens (tertiary/aromatic N) is 1. The molecule has 2 aliphatic rings. The van der Waals surface area contributed by atoms with E-state index in [0.717, 1.165) is 11.0 Å². The molecule has 4 rings (SSSR count). The quantitative estimate of drug-likeness (QED) is 0.494. The lowest BCUT2D eigenvalue weighted by Crippen LogP contribution is -2.62. The van der Waals surface area contributed by atoms with Crippen molar-refractivity contribution in [2.45, 2.75) is 43.1 Å². The highest BCUT2D eigenvalue weighted by molar-refractivity contribution is 6.31. The summed E-state index contributed by atoms with van der Waals surface area (Å²) in [6.45, 7) is 1.94. The zero-order chi connectivity index (χ0) is 27.6. The van der Waals surface area contributed by atoms with Crippen LogP contribution < -0.4 is 5.48 Å². The summed E-state index contributed by atoms with van der Waals surface area (Å²) in [6.07, 6.45) is -9.56. The first kappa shape index (κ1) is 27.2. The third kappa shape index (κ3) is 4.77. The fourth-order valence-electron chi connectivity index (χ4n) is 4.18. The number of hydrogen-bond acceptors (Lipinski definition) is 4. The Morgan fingerprint density at radius 3 is 2.11 bits per heavy atom. The fourth-order valence-corrected chi connectivity index (χ4v) is 4.40. The fraction of sp³-hybridized carbons (Fsp3) is 0.375. The first-order valence-electron chi connectivity index (χ1n) is 10.8. The predicted molar refractivity (Wildman–Crippen MR) is 118 cm³/mol. The van der Waals surface area contributed by atoms with Gasteiger partial charge in [-0.25, -0.2) is 4.39 Å². The summed E-state index contributed by atoms with van der Waals surface area (Å²) in [6, 6.07) is 7.05. The van der Waals surface area contributed by atoms with Crippen molar-refractivity contribution in [3.63, 3.8) is 0 Å². The van der Waals surface area contributed by atoms with E-state index in [1.165, 1.54) is 38.1 Å². The molecule has 2 N–H and O–H groups in total. The van der Waals surface area contributed by atoms with Crippen molar-refractivity contribution < 1.29 is 45.5 Å². The number of nitrogens with one attached hydrogen (secondary N) is 1. The van der Waals surface area contributed by atoms with Crippen LogP contribution in [0, 0.1) is 0 Å². The molecule has 1 amide bonds. The van der Waals surface area contributed by atoms with Crippen molar-refractivity contribution in [3.8, 4) is 0 Å². The number of benzene rings is 2. The predicted octanol–water partition coefficient (Wildman–Crippen LogP) is 5.47. The molecule has 0 radical (unpaired) electrons. The van der Waals surface area contributed by atoms with E-state index in [0.29, 0.717) is 12.1 Å². The molecule has 1 atom stereocenters. The van der Waals surface area contributed by atoms with Gasteiger partial charge in [0.15, 0.2) is 5.67 Å². The van der Waals surface area contributed by atoms with Crippen LogP contribution in [0.3, 0.4) is 0 Å². The molecule has 2 aromatic rings. The SMILES string of the molecule is CC(C)(O)C(=O)N1CC(F)(c2ccc(C3=CC(c4ccc(Cl)c(C(F)(F)F)c4)(C(F)(F)F)ON3)cc2)C1. The molecule has 13 heteroatoms. The van der Waals surface area contributed by atoms with Gasteiger partial charge in [-0.3, -0.25) is 15.1 Å². The molecule has 2 heterocycles. The molecule has 0 aliphatic carbocycles. The Kier molecular flexibility index (Phi) is 6.33. The second-order valence-corrected chi connectivity index (χ2v) is 9.86. The van der Waals surface area contributed by atoms with Crippen molar-refractivity contribution in [1.82, 2.24) is 10.4 Å². The molecular formula is C24H20ClF7N2O3. The highest BCUT2D eigenvalue weighted by atomic mass is 35.5. The highest BCUT2D eigenvalue weighted by Gasteiger charge is 2.60. The van der Waals surface area contributed by atoms with Crippen LogP contribution in [0.15, 0.2) is 48.5 Å². The molecule has 0 saturated carbocycles. The third-order valence-corrected chi connectivity index (χ3v) is 6.53. The van der Waals surface area contributed by atoms with Crippen LogP contribution in [0.4, 0.5) is 30.7 Å². The molecule has 0 bridgehead atoms. The van der Waals surface area contributed by atoms with Crippen LogP contribution in [0.2, 0.25) is 5.02 Å². The molecule has 1 saturated heterocycles. The largest absolute Gasteiger partial charge is 0.428 e. The molecule has 2 aliphatic heterocycles. The maximum atomic E-state index is 15.2. The van der Waals surface area contributed by atoms with Crippen LogP contribution in [-0.4, -0.2) is 40.8 Å². The lowest BCUT2D eigenvalue weighted by molar-refractivity contribution is -0.269. The van der Waals surface area contributed by atoms with E-state index >= 15 is 4.39 Å². The van der Waals surface area contributed by atoms with Gasteiger partial charge in [-0.05, 0) is 43.2 Å². The lowest BCUT2D eigenvalue weighted by Gasteiger charge is -2.46. The van der Waals surface area contributed by atoms with Crippen molar-refractivity contribution in [2.75, 3.05) is 13.1 Å². The van der Waals surface area contributed by atoms with Crippen LogP contribution in [0.5, 0.6) is 0 Å². The molecule has 1 fully saturated rings. The molecule has 2 aromatic carbocycles. The molecule has 5 nitrogen and oxygen atoms in total. The van der Waals surface area contributed by atoms with E-state index in [2.05, 4.69) is 5.48 Å². The molecule has 37 heavy (non-hydrogen) atoms. The van der Waals surface area contributed by atoms with E-state index in [9.17, 15) is 36.2 Å². The van der Waals surface area contributed by atoms with Gasteiger partial charge < -0.3 is 10.0 Å².